The first kappa shape index (κ1) is 15.9. The molecule has 0 bridgehead atoms. The van der Waals surface area contributed by atoms with Gasteiger partial charge in [-0.15, -0.1) is 0 Å². The molecule has 1 aliphatic heterocycles. The van der Waals surface area contributed by atoms with Crippen LogP contribution in [0.1, 0.15) is 31.7 Å². The van der Waals surface area contributed by atoms with E-state index in [0.717, 1.165) is 18.5 Å². The van der Waals surface area contributed by atoms with Gasteiger partial charge in [0.1, 0.15) is 0 Å². The molecular weight excluding hydrogens is 266 g/mol. The van der Waals surface area contributed by atoms with E-state index in [-0.39, 0.29) is 10.6 Å². The summed E-state index contributed by atoms with van der Waals surface area (Å²) >= 11 is 0. The van der Waals surface area contributed by atoms with E-state index in [2.05, 4.69) is 17.1 Å². The summed E-state index contributed by atoms with van der Waals surface area (Å²) in [5.41, 5.74) is 1.31. The molecule has 0 atom stereocenters. The smallest absolute Gasteiger partial charge is 0.269 e. The fourth-order valence-electron chi connectivity index (χ4n) is 2.88. The van der Waals surface area contributed by atoms with Gasteiger partial charge in [-0.2, -0.15) is 0 Å². The van der Waals surface area contributed by atoms with Crippen molar-refractivity contribution in [3.8, 4) is 0 Å². The van der Waals surface area contributed by atoms with Gasteiger partial charge in [-0.05, 0) is 57.4 Å². The molecule has 1 saturated heterocycles. The highest BCUT2D eigenvalue weighted by molar-refractivity contribution is 5.32. The molecule has 1 fully saturated rings. The van der Waals surface area contributed by atoms with E-state index in [1.165, 1.54) is 38.9 Å². The zero-order valence-corrected chi connectivity index (χ0v) is 12.8. The minimum Gasteiger partial charge on any atom is -0.314 e. The second-order valence-electron chi connectivity index (χ2n) is 5.74. The van der Waals surface area contributed by atoms with Crippen LogP contribution >= 0.6 is 0 Å². The highest BCUT2D eigenvalue weighted by atomic mass is 16.6. The Bertz CT molecular complexity index is 439. The predicted molar refractivity (Wildman–Crippen MR) is 84.6 cm³/mol. The van der Waals surface area contributed by atoms with Crippen molar-refractivity contribution in [2.24, 2.45) is 0 Å². The van der Waals surface area contributed by atoms with Gasteiger partial charge in [0.2, 0.25) is 0 Å². The Morgan fingerprint density at radius 1 is 1.29 bits per heavy atom. The molecule has 0 aliphatic carbocycles. The second-order valence-corrected chi connectivity index (χ2v) is 5.74. The van der Waals surface area contributed by atoms with Gasteiger partial charge in [-0.1, -0.05) is 19.1 Å². The molecule has 0 saturated carbocycles. The van der Waals surface area contributed by atoms with Crippen LogP contribution in [-0.2, 0) is 6.42 Å². The number of nitro benzene ring substituents is 1. The number of benzene rings is 1. The fraction of sp³-hybridized carbons (Fsp3) is 0.625. The number of likely N-dealkylation sites (tertiary alicyclic amines) is 1. The van der Waals surface area contributed by atoms with E-state index in [1.54, 1.807) is 12.1 Å². The normalized spacial score (nSPS) is 17.0. The lowest BCUT2D eigenvalue weighted by Gasteiger charge is -2.32. The molecule has 0 amide bonds. The van der Waals surface area contributed by atoms with Crippen LogP contribution < -0.4 is 5.32 Å². The topological polar surface area (TPSA) is 58.4 Å². The number of hydrogen-bond donors (Lipinski definition) is 1. The summed E-state index contributed by atoms with van der Waals surface area (Å²) in [6.07, 6.45) is 4.60. The zero-order valence-electron chi connectivity index (χ0n) is 12.8. The van der Waals surface area contributed by atoms with Crippen molar-refractivity contribution >= 4 is 5.69 Å². The molecule has 5 heteroatoms. The van der Waals surface area contributed by atoms with Gasteiger partial charge in [-0.25, -0.2) is 0 Å². The van der Waals surface area contributed by atoms with Crippen molar-refractivity contribution < 1.29 is 4.92 Å². The van der Waals surface area contributed by atoms with E-state index in [9.17, 15) is 10.1 Å². The molecule has 116 valence electrons. The summed E-state index contributed by atoms with van der Waals surface area (Å²) in [6, 6.07) is 7.49. The Kier molecular flexibility index (Phi) is 6.14. The first-order valence-electron chi connectivity index (χ1n) is 7.88. The molecule has 1 heterocycles. The number of non-ortho nitro benzene ring substituents is 1. The fourth-order valence-corrected chi connectivity index (χ4v) is 2.88. The number of nitrogens with one attached hydrogen (secondary N) is 1. The van der Waals surface area contributed by atoms with E-state index in [1.807, 2.05) is 12.1 Å². The predicted octanol–water partition coefficient (Wildman–Crippen LogP) is 2.60. The SMILES string of the molecule is CCCN1CCC(NCCc2ccc([N+](=O)[O-])cc2)CC1. The first-order chi connectivity index (χ1) is 10.2. The number of nitrogens with zero attached hydrogens (tertiary/aromatic N) is 2. The largest absolute Gasteiger partial charge is 0.314 e. The van der Waals surface area contributed by atoms with Crippen LogP contribution in [-0.4, -0.2) is 42.0 Å². The molecular formula is C16H25N3O2. The summed E-state index contributed by atoms with van der Waals surface area (Å²) < 4.78 is 0. The second kappa shape index (κ2) is 8.10. The number of rotatable bonds is 7. The summed E-state index contributed by atoms with van der Waals surface area (Å²) in [6.45, 7) is 6.78. The van der Waals surface area contributed by atoms with Gasteiger partial charge in [0.15, 0.2) is 0 Å². The highest BCUT2D eigenvalue weighted by Crippen LogP contribution is 2.13. The van der Waals surface area contributed by atoms with Crippen molar-refractivity contribution in [3.63, 3.8) is 0 Å². The van der Waals surface area contributed by atoms with Crippen LogP contribution in [0, 0.1) is 10.1 Å². The minimum atomic E-state index is -0.355. The maximum atomic E-state index is 10.6. The van der Waals surface area contributed by atoms with Gasteiger partial charge < -0.3 is 10.2 Å². The van der Waals surface area contributed by atoms with Crippen molar-refractivity contribution in [2.45, 2.75) is 38.6 Å². The third-order valence-corrected chi connectivity index (χ3v) is 4.12. The number of nitro groups is 1. The Morgan fingerprint density at radius 2 is 1.95 bits per heavy atom. The third kappa shape index (κ3) is 5.10. The molecule has 2 rings (SSSR count). The van der Waals surface area contributed by atoms with Crippen LogP contribution in [0.5, 0.6) is 0 Å². The van der Waals surface area contributed by atoms with Gasteiger partial charge in [0.25, 0.3) is 5.69 Å². The average Bonchev–Trinajstić information content (AvgIpc) is 2.50. The lowest BCUT2D eigenvalue weighted by Crippen LogP contribution is -2.43. The molecule has 0 spiro atoms. The lowest BCUT2D eigenvalue weighted by molar-refractivity contribution is -0.384. The quantitative estimate of drug-likeness (QED) is 0.619. The summed E-state index contributed by atoms with van der Waals surface area (Å²) in [5.74, 6) is 0. The molecule has 5 nitrogen and oxygen atoms in total. The number of hydrogen-bond acceptors (Lipinski definition) is 4. The van der Waals surface area contributed by atoms with Crippen LogP contribution in [0.25, 0.3) is 0 Å². The van der Waals surface area contributed by atoms with Gasteiger partial charge in [-0.3, -0.25) is 10.1 Å². The standard InChI is InChI=1S/C16H25N3O2/c1-2-11-18-12-8-15(9-13-18)17-10-7-14-3-5-16(6-4-14)19(20)21/h3-6,15,17H,2,7-13H2,1H3. The molecule has 1 N–H and O–H groups in total. The van der Waals surface area contributed by atoms with Crippen LogP contribution in [0.15, 0.2) is 24.3 Å². The van der Waals surface area contributed by atoms with Gasteiger partial charge in [0.05, 0.1) is 4.92 Å². The van der Waals surface area contributed by atoms with Crippen LogP contribution in [0.2, 0.25) is 0 Å². The minimum absolute atomic E-state index is 0.162. The Morgan fingerprint density at radius 3 is 2.52 bits per heavy atom. The molecule has 1 aromatic rings. The van der Waals surface area contributed by atoms with E-state index < -0.39 is 0 Å². The zero-order chi connectivity index (χ0) is 15.1. The molecule has 1 aromatic carbocycles. The molecule has 0 radical (unpaired) electrons. The number of piperidine rings is 1. The molecule has 21 heavy (non-hydrogen) atoms. The first-order valence-corrected chi connectivity index (χ1v) is 7.88. The van der Waals surface area contributed by atoms with Crippen molar-refractivity contribution in [2.75, 3.05) is 26.2 Å². The van der Waals surface area contributed by atoms with Crippen molar-refractivity contribution in [1.29, 1.82) is 0 Å². The summed E-state index contributed by atoms with van der Waals surface area (Å²) in [7, 11) is 0. The molecule has 0 aromatic heterocycles. The summed E-state index contributed by atoms with van der Waals surface area (Å²) in [5, 5.41) is 14.2. The molecule has 0 unspecified atom stereocenters. The maximum absolute atomic E-state index is 10.6. The maximum Gasteiger partial charge on any atom is 0.269 e. The third-order valence-electron chi connectivity index (χ3n) is 4.12. The summed E-state index contributed by atoms with van der Waals surface area (Å²) in [4.78, 5) is 12.8. The monoisotopic (exact) mass is 291 g/mol. The lowest BCUT2D eigenvalue weighted by atomic mass is 10.0. The van der Waals surface area contributed by atoms with Crippen LogP contribution in [0.4, 0.5) is 5.69 Å². The average molecular weight is 291 g/mol. The van der Waals surface area contributed by atoms with Crippen LogP contribution in [0.3, 0.4) is 0 Å². The van der Waals surface area contributed by atoms with Crippen molar-refractivity contribution in [3.05, 3.63) is 39.9 Å². The molecule has 1 aliphatic rings. The van der Waals surface area contributed by atoms with E-state index in [4.69, 9.17) is 0 Å². The Labute approximate surface area is 126 Å². The van der Waals surface area contributed by atoms with E-state index in [0.29, 0.717) is 6.04 Å². The van der Waals surface area contributed by atoms with Gasteiger partial charge in [0, 0.05) is 18.2 Å². The van der Waals surface area contributed by atoms with E-state index >= 15 is 0 Å². The Hall–Kier alpha value is -1.46. The Balaban J connectivity index is 1.67. The highest BCUT2D eigenvalue weighted by Gasteiger charge is 2.17. The van der Waals surface area contributed by atoms with Crippen molar-refractivity contribution in [1.82, 2.24) is 10.2 Å². The van der Waals surface area contributed by atoms with Gasteiger partial charge >= 0.3 is 0 Å².